The number of amides is 1. The number of hydrogen-bond donors (Lipinski definition) is 1. The molecule has 1 amide bonds. The summed E-state index contributed by atoms with van der Waals surface area (Å²) in [6.45, 7) is 5.95. The van der Waals surface area contributed by atoms with Gasteiger partial charge in [0.15, 0.2) is 5.82 Å². The maximum absolute atomic E-state index is 15.0. The summed E-state index contributed by atoms with van der Waals surface area (Å²) < 4.78 is 57.7. The Morgan fingerprint density at radius 3 is 2.53 bits per heavy atom. The molecule has 2 aromatic heterocycles. The SMILES string of the molecule is C=CC(=O)N1CCN(c2ncnc3c(=O)n(-c4c(N)c(Cl)cc(Cl)c4F)c(C(F)(F)F)cc23)C(C)C1. The van der Waals surface area contributed by atoms with Crippen molar-refractivity contribution < 1.29 is 22.4 Å². The molecule has 2 N–H and O–H groups in total. The van der Waals surface area contributed by atoms with E-state index in [1.54, 1.807) is 16.7 Å². The number of hydrogen-bond acceptors (Lipinski definition) is 6. The molecule has 1 unspecified atom stereocenters. The first-order valence-corrected chi connectivity index (χ1v) is 11.2. The average molecular weight is 545 g/mol. The predicted octanol–water partition coefficient (Wildman–Crippen LogP) is 4.05. The van der Waals surface area contributed by atoms with Crippen LogP contribution in [0.15, 0.2) is 35.9 Å². The zero-order valence-electron chi connectivity index (χ0n) is 18.6. The maximum Gasteiger partial charge on any atom is 0.431 e. The molecule has 1 atom stereocenters. The van der Waals surface area contributed by atoms with Gasteiger partial charge in [-0.2, -0.15) is 13.2 Å². The third-order valence-electron chi connectivity index (χ3n) is 5.87. The van der Waals surface area contributed by atoms with E-state index in [1.165, 1.54) is 6.08 Å². The fraction of sp³-hybridized carbons (Fsp3) is 0.273. The van der Waals surface area contributed by atoms with E-state index in [9.17, 15) is 27.2 Å². The number of benzene rings is 1. The van der Waals surface area contributed by atoms with Crippen molar-refractivity contribution in [3.63, 3.8) is 0 Å². The van der Waals surface area contributed by atoms with Crippen LogP contribution in [0.2, 0.25) is 10.0 Å². The zero-order valence-corrected chi connectivity index (χ0v) is 20.1. The number of aromatic nitrogens is 3. The second kappa shape index (κ2) is 9.25. The van der Waals surface area contributed by atoms with Crippen LogP contribution < -0.4 is 16.2 Å². The fourth-order valence-corrected chi connectivity index (χ4v) is 4.64. The van der Waals surface area contributed by atoms with Crippen LogP contribution in [0.1, 0.15) is 12.6 Å². The lowest BCUT2D eigenvalue weighted by Gasteiger charge is -2.40. The van der Waals surface area contributed by atoms with Crippen molar-refractivity contribution >= 4 is 51.5 Å². The smallest absolute Gasteiger partial charge is 0.396 e. The molecular formula is C22H18Cl2F4N6O2. The van der Waals surface area contributed by atoms with Crippen LogP contribution in [0.5, 0.6) is 0 Å². The Bertz CT molecular complexity index is 1430. The number of carbonyl (C=O) groups is 1. The summed E-state index contributed by atoms with van der Waals surface area (Å²) in [5, 5.41) is -1.15. The lowest BCUT2D eigenvalue weighted by molar-refractivity contribution is -0.142. The van der Waals surface area contributed by atoms with Crippen molar-refractivity contribution in [3.8, 4) is 5.69 Å². The number of anilines is 2. The summed E-state index contributed by atoms with van der Waals surface area (Å²) in [5.74, 6) is -1.57. The molecule has 3 heterocycles. The third-order valence-corrected chi connectivity index (χ3v) is 6.46. The number of nitrogens with two attached hydrogens (primary N) is 1. The van der Waals surface area contributed by atoms with E-state index >= 15 is 0 Å². The van der Waals surface area contributed by atoms with Crippen LogP contribution in [0.3, 0.4) is 0 Å². The molecule has 1 saturated heterocycles. The number of carbonyl (C=O) groups excluding carboxylic acids is 1. The lowest BCUT2D eigenvalue weighted by atomic mass is 10.1. The van der Waals surface area contributed by atoms with E-state index in [0.717, 1.165) is 12.4 Å². The van der Waals surface area contributed by atoms with Gasteiger partial charge in [0, 0.05) is 25.7 Å². The number of fused-ring (bicyclic) bond motifs is 1. The highest BCUT2D eigenvalue weighted by atomic mass is 35.5. The van der Waals surface area contributed by atoms with Gasteiger partial charge in [0.25, 0.3) is 5.56 Å². The molecule has 4 rings (SSSR count). The molecule has 1 aromatic carbocycles. The standard InChI is InChI=1S/C22H18Cl2F4N6O2/c1-3-15(35)32-4-5-33(10(2)8-32)20-11-6-14(22(26,27)28)34(21(36)18(11)30-9-31-20)19-16(25)12(23)7-13(24)17(19)29/h3,6-7,9-10H,1,4-5,8,29H2,2H3. The van der Waals surface area contributed by atoms with E-state index in [1.807, 2.05) is 0 Å². The summed E-state index contributed by atoms with van der Waals surface area (Å²) in [4.78, 5) is 36.6. The molecule has 0 spiro atoms. The van der Waals surface area contributed by atoms with Crippen molar-refractivity contribution in [1.29, 1.82) is 0 Å². The quantitative estimate of drug-likeness (QED) is 0.231. The molecule has 0 radical (unpaired) electrons. The van der Waals surface area contributed by atoms with Crippen molar-refractivity contribution in [2.24, 2.45) is 0 Å². The van der Waals surface area contributed by atoms with E-state index in [2.05, 4.69) is 16.5 Å². The zero-order chi connectivity index (χ0) is 26.5. The van der Waals surface area contributed by atoms with Crippen molar-refractivity contribution in [2.75, 3.05) is 30.3 Å². The minimum Gasteiger partial charge on any atom is -0.396 e. The summed E-state index contributed by atoms with van der Waals surface area (Å²) in [6.07, 6.45) is -2.92. The molecule has 0 saturated carbocycles. The molecule has 36 heavy (non-hydrogen) atoms. The van der Waals surface area contributed by atoms with Crippen molar-refractivity contribution in [3.05, 3.63) is 63.0 Å². The Balaban J connectivity index is 1.98. The third kappa shape index (κ3) is 4.24. The number of rotatable bonds is 3. The number of nitrogen functional groups attached to an aromatic ring is 1. The molecule has 14 heteroatoms. The highest BCUT2D eigenvalue weighted by Gasteiger charge is 2.38. The number of alkyl halides is 3. The Morgan fingerprint density at radius 2 is 1.92 bits per heavy atom. The van der Waals surface area contributed by atoms with E-state index in [0.29, 0.717) is 6.07 Å². The highest BCUT2D eigenvalue weighted by Crippen LogP contribution is 2.39. The highest BCUT2D eigenvalue weighted by molar-refractivity contribution is 6.37. The minimum atomic E-state index is -5.12. The van der Waals surface area contributed by atoms with Crippen molar-refractivity contribution in [2.45, 2.75) is 19.1 Å². The van der Waals surface area contributed by atoms with E-state index in [-0.39, 0.29) is 52.4 Å². The molecule has 1 aliphatic rings. The van der Waals surface area contributed by atoms with Gasteiger partial charge < -0.3 is 15.5 Å². The molecule has 0 bridgehead atoms. The number of halogens is 6. The molecular weight excluding hydrogens is 527 g/mol. The van der Waals surface area contributed by atoms with E-state index in [4.69, 9.17) is 28.9 Å². The molecule has 1 fully saturated rings. The Labute approximate surface area is 211 Å². The second-order valence-corrected chi connectivity index (χ2v) is 8.89. The van der Waals surface area contributed by atoms with Gasteiger partial charge in [0.1, 0.15) is 29.0 Å². The Hall–Kier alpha value is -3.38. The molecule has 1 aliphatic heterocycles. The first-order chi connectivity index (χ1) is 16.9. The number of pyridine rings is 1. The summed E-state index contributed by atoms with van der Waals surface area (Å²) >= 11 is 11.7. The maximum atomic E-state index is 15.0. The normalized spacial score (nSPS) is 16.5. The Kier molecular flexibility index (Phi) is 6.60. The summed E-state index contributed by atoms with van der Waals surface area (Å²) in [5.41, 5.74) is 1.04. The van der Waals surface area contributed by atoms with Crippen molar-refractivity contribution in [1.82, 2.24) is 19.4 Å². The van der Waals surface area contributed by atoms with Crippen LogP contribution in [-0.2, 0) is 11.0 Å². The number of piperazine rings is 1. The van der Waals surface area contributed by atoms with Gasteiger partial charge in [-0.1, -0.05) is 29.8 Å². The number of nitrogens with zero attached hydrogens (tertiary/aromatic N) is 5. The van der Waals surface area contributed by atoms with Crippen LogP contribution >= 0.6 is 23.2 Å². The molecule has 190 valence electrons. The van der Waals surface area contributed by atoms with Gasteiger partial charge in [-0.3, -0.25) is 14.2 Å². The first kappa shape index (κ1) is 25.7. The van der Waals surface area contributed by atoms with Crippen LogP contribution in [0, 0.1) is 5.82 Å². The van der Waals surface area contributed by atoms with Gasteiger partial charge in [0.05, 0.1) is 21.1 Å². The fourth-order valence-electron chi connectivity index (χ4n) is 4.18. The van der Waals surface area contributed by atoms with Crippen LogP contribution in [-0.4, -0.2) is 51.0 Å². The van der Waals surface area contributed by atoms with Crippen LogP contribution in [0.25, 0.3) is 16.6 Å². The summed E-state index contributed by atoms with van der Waals surface area (Å²) in [6, 6.07) is 1.22. The predicted molar refractivity (Wildman–Crippen MR) is 128 cm³/mol. The van der Waals surface area contributed by atoms with Crippen LogP contribution in [0.4, 0.5) is 29.1 Å². The molecule has 8 nitrogen and oxygen atoms in total. The molecule has 0 aliphatic carbocycles. The monoisotopic (exact) mass is 544 g/mol. The summed E-state index contributed by atoms with van der Waals surface area (Å²) in [7, 11) is 0. The van der Waals surface area contributed by atoms with Gasteiger partial charge in [-0.15, -0.1) is 0 Å². The topological polar surface area (TPSA) is 97.4 Å². The van der Waals surface area contributed by atoms with Gasteiger partial charge in [0.2, 0.25) is 5.91 Å². The molecule has 3 aromatic rings. The lowest BCUT2D eigenvalue weighted by Crippen LogP contribution is -2.53. The van der Waals surface area contributed by atoms with Gasteiger partial charge in [-0.25, -0.2) is 14.4 Å². The Morgan fingerprint density at radius 1 is 1.22 bits per heavy atom. The first-order valence-electron chi connectivity index (χ1n) is 10.5. The largest absolute Gasteiger partial charge is 0.431 e. The average Bonchev–Trinajstić information content (AvgIpc) is 2.82. The second-order valence-electron chi connectivity index (χ2n) is 8.07. The van der Waals surface area contributed by atoms with Gasteiger partial charge >= 0.3 is 6.18 Å². The minimum absolute atomic E-state index is 0.0607. The van der Waals surface area contributed by atoms with E-state index < -0.39 is 45.2 Å². The van der Waals surface area contributed by atoms with Gasteiger partial charge in [-0.05, 0) is 25.1 Å².